The molecule has 0 aliphatic heterocycles. The molecule has 0 aromatic carbocycles. The van der Waals surface area contributed by atoms with Gasteiger partial charge in [-0.25, -0.2) is 8.78 Å². The van der Waals surface area contributed by atoms with E-state index < -0.39 is 13.0 Å². The maximum Gasteiger partial charge on any atom is 0.261 e. The van der Waals surface area contributed by atoms with Crippen molar-refractivity contribution in [3.8, 4) is 0 Å². The summed E-state index contributed by atoms with van der Waals surface area (Å²) in [7, 11) is 3.82. The second-order valence-corrected chi connectivity index (χ2v) is 4.91. The van der Waals surface area contributed by atoms with Crippen LogP contribution in [0.1, 0.15) is 16.9 Å². The minimum atomic E-state index is -2.53. The number of nitrogens with zero attached hydrogens (tertiary/aromatic N) is 3. The zero-order chi connectivity index (χ0) is 15.1. The molecule has 1 rings (SSSR count). The zero-order valence-corrected chi connectivity index (χ0v) is 12.2. The minimum absolute atomic E-state index is 0.0000968. The maximum absolute atomic E-state index is 12.0. The number of alkyl halides is 2. The number of ether oxygens (including phenoxy) is 1. The van der Waals surface area contributed by atoms with E-state index in [0.717, 1.165) is 0 Å². The van der Waals surface area contributed by atoms with Crippen LogP contribution in [0.15, 0.2) is 6.20 Å². The molecule has 20 heavy (non-hydrogen) atoms. The van der Waals surface area contributed by atoms with Crippen LogP contribution in [0.5, 0.6) is 0 Å². The number of Topliss-reactive ketones (excluding diaryl/α,β-unsaturated/α-hetero) is 1. The smallest absolute Gasteiger partial charge is 0.261 e. The van der Waals surface area contributed by atoms with Crippen molar-refractivity contribution in [2.75, 3.05) is 33.9 Å². The van der Waals surface area contributed by atoms with Gasteiger partial charge in [0.15, 0.2) is 5.78 Å². The van der Waals surface area contributed by atoms with E-state index in [9.17, 15) is 13.6 Å². The van der Waals surface area contributed by atoms with Gasteiger partial charge in [0.05, 0.1) is 24.4 Å². The molecule has 5 nitrogen and oxygen atoms in total. The van der Waals surface area contributed by atoms with Crippen molar-refractivity contribution in [1.29, 1.82) is 0 Å². The van der Waals surface area contributed by atoms with Gasteiger partial charge in [0.1, 0.15) is 12.3 Å². The third-order valence-corrected chi connectivity index (χ3v) is 2.81. The average Bonchev–Trinajstić information content (AvgIpc) is 2.73. The van der Waals surface area contributed by atoms with Gasteiger partial charge >= 0.3 is 0 Å². The lowest BCUT2D eigenvalue weighted by molar-refractivity contribution is 0.0169. The summed E-state index contributed by atoms with van der Waals surface area (Å²) < 4.78 is 30.0. The highest BCUT2D eigenvalue weighted by molar-refractivity contribution is 6.33. The fourth-order valence-corrected chi connectivity index (χ4v) is 1.81. The van der Waals surface area contributed by atoms with Crippen LogP contribution >= 0.6 is 11.6 Å². The molecule has 1 heterocycles. The number of carbonyl (C=O) groups is 1. The van der Waals surface area contributed by atoms with E-state index in [2.05, 4.69) is 9.84 Å². The number of likely N-dealkylation sites (N-methyl/N-ethyl adjacent to an activating group) is 1. The van der Waals surface area contributed by atoms with Gasteiger partial charge in [-0.05, 0) is 14.1 Å². The normalized spacial score (nSPS) is 11.6. The van der Waals surface area contributed by atoms with Crippen LogP contribution in [0, 0.1) is 0 Å². The lowest BCUT2D eigenvalue weighted by Gasteiger charge is -2.11. The van der Waals surface area contributed by atoms with Gasteiger partial charge in [-0.3, -0.25) is 9.48 Å². The summed E-state index contributed by atoms with van der Waals surface area (Å²) in [6, 6.07) is 0. The number of aromatic nitrogens is 2. The van der Waals surface area contributed by atoms with Crippen LogP contribution in [0.2, 0.25) is 5.02 Å². The number of carbonyl (C=O) groups excluding carboxylic acids is 1. The first kappa shape index (κ1) is 17.0. The van der Waals surface area contributed by atoms with Crippen molar-refractivity contribution in [2.24, 2.45) is 0 Å². The molecule has 0 N–H and O–H groups in total. The van der Waals surface area contributed by atoms with Gasteiger partial charge in [-0.2, -0.15) is 5.10 Å². The standard InChI is InChI=1S/C12H18ClF2N3O2/c1-17(2)4-5-18-12(9(13)7-16-18)10(19)3-6-20-8-11(14)15/h7,11H,3-6,8H2,1-2H3. The van der Waals surface area contributed by atoms with Crippen LogP contribution in [0.4, 0.5) is 8.78 Å². The predicted molar refractivity (Wildman–Crippen MR) is 71.6 cm³/mol. The molecule has 0 aliphatic carbocycles. The Hall–Kier alpha value is -1.05. The van der Waals surface area contributed by atoms with Crippen molar-refractivity contribution in [2.45, 2.75) is 19.4 Å². The first-order chi connectivity index (χ1) is 9.41. The third-order valence-electron chi connectivity index (χ3n) is 2.54. The van der Waals surface area contributed by atoms with Crippen LogP contribution in [0.3, 0.4) is 0 Å². The molecule has 0 saturated heterocycles. The number of hydrogen-bond acceptors (Lipinski definition) is 4. The first-order valence-corrected chi connectivity index (χ1v) is 6.54. The number of hydrogen-bond donors (Lipinski definition) is 0. The summed E-state index contributed by atoms with van der Waals surface area (Å²) in [6.07, 6.45) is -1.12. The minimum Gasteiger partial charge on any atom is -0.375 e. The number of rotatable bonds is 9. The lowest BCUT2D eigenvalue weighted by Crippen LogP contribution is -2.22. The fraction of sp³-hybridized carbons (Fsp3) is 0.667. The Balaban J connectivity index is 2.55. The van der Waals surface area contributed by atoms with E-state index >= 15 is 0 Å². The van der Waals surface area contributed by atoms with Crippen LogP contribution < -0.4 is 0 Å². The quantitative estimate of drug-likeness (QED) is 0.517. The molecule has 1 aromatic rings. The Morgan fingerprint density at radius 2 is 2.25 bits per heavy atom. The van der Waals surface area contributed by atoms with Crippen molar-refractivity contribution < 1.29 is 18.3 Å². The molecule has 0 fully saturated rings. The molecule has 1 aromatic heterocycles. The summed E-state index contributed by atoms with van der Waals surface area (Å²) in [4.78, 5) is 14.0. The average molecular weight is 310 g/mol. The Morgan fingerprint density at radius 3 is 2.85 bits per heavy atom. The van der Waals surface area contributed by atoms with E-state index in [4.69, 9.17) is 11.6 Å². The molecule has 0 radical (unpaired) electrons. The molecule has 0 unspecified atom stereocenters. The maximum atomic E-state index is 12.0. The van der Waals surface area contributed by atoms with E-state index in [1.165, 1.54) is 10.9 Å². The van der Waals surface area contributed by atoms with Gasteiger partial charge in [-0.1, -0.05) is 11.6 Å². The Morgan fingerprint density at radius 1 is 1.55 bits per heavy atom. The topological polar surface area (TPSA) is 47.4 Å². The Bertz CT molecular complexity index is 438. The number of halogens is 3. The van der Waals surface area contributed by atoms with Gasteiger partial charge in [0.25, 0.3) is 6.43 Å². The van der Waals surface area contributed by atoms with Gasteiger partial charge in [0.2, 0.25) is 0 Å². The van der Waals surface area contributed by atoms with E-state index in [-0.39, 0.29) is 23.8 Å². The lowest BCUT2D eigenvalue weighted by atomic mass is 10.2. The summed E-state index contributed by atoms with van der Waals surface area (Å²) >= 11 is 5.94. The molecule has 0 spiro atoms. The SMILES string of the molecule is CN(C)CCn1ncc(Cl)c1C(=O)CCOCC(F)F. The van der Waals surface area contributed by atoms with Crippen LogP contribution in [0.25, 0.3) is 0 Å². The largest absolute Gasteiger partial charge is 0.375 e. The second kappa shape index (κ2) is 8.28. The Kier molecular flexibility index (Phi) is 7.04. The zero-order valence-electron chi connectivity index (χ0n) is 11.5. The highest BCUT2D eigenvalue weighted by Gasteiger charge is 2.17. The monoisotopic (exact) mass is 309 g/mol. The summed E-state index contributed by atoms with van der Waals surface area (Å²) in [6.45, 7) is 0.512. The van der Waals surface area contributed by atoms with Crippen LogP contribution in [-0.4, -0.2) is 60.7 Å². The number of ketones is 1. The van der Waals surface area contributed by atoms with Crippen molar-refractivity contribution in [3.05, 3.63) is 16.9 Å². The molecular formula is C12H18ClF2N3O2. The summed E-state index contributed by atoms with van der Waals surface area (Å²) in [5.74, 6) is -0.263. The van der Waals surface area contributed by atoms with E-state index in [1.54, 1.807) is 0 Å². The highest BCUT2D eigenvalue weighted by atomic mass is 35.5. The van der Waals surface area contributed by atoms with Gasteiger partial charge in [0, 0.05) is 13.0 Å². The van der Waals surface area contributed by atoms with Crippen molar-refractivity contribution in [3.63, 3.8) is 0 Å². The Labute approximate surface area is 121 Å². The molecule has 0 amide bonds. The van der Waals surface area contributed by atoms with Crippen LogP contribution in [-0.2, 0) is 11.3 Å². The van der Waals surface area contributed by atoms with Crippen molar-refractivity contribution in [1.82, 2.24) is 14.7 Å². The van der Waals surface area contributed by atoms with E-state index in [1.807, 2.05) is 19.0 Å². The summed E-state index contributed by atoms with van der Waals surface area (Å²) in [5, 5.41) is 4.31. The molecular weight excluding hydrogens is 292 g/mol. The predicted octanol–water partition coefficient (Wildman–Crippen LogP) is 1.95. The molecule has 0 atom stereocenters. The molecule has 114 valence electrons. The molecule has 0 aliphatic rings. The van der Waals surface area contributed by atoms with Gasteiger partial charge < -0.3 is 9.64 Å². The second-order valence-electron chi connectivity index (χ2n) is 4.51. The first-order valence-electron chi connectivity index (χ1n) is 6.17. The highest BCUT2D eigenvalue weighted by Crippen LogP contribution is 2.17. The molecule has 0 bridgehead atoms. The summed E-state index contributed by atoms with van der Waals surface area (Å²) in [5.41, 5.74) is 0.300. The third kappa shape index (κ3) is 5.52. The van der Waals surface area contributed by atoms with E-state index in [0.29, 0.717) is 18.8 Å². The molecule has 0 saturated carbocycles. The fourth-order valence-electron chi connectivity index (χ4n) is 1.56. The molecule has 8 heteroatoms. The van der Waals surface area contributed by atoms with Crippen molar-refractivity contribution >= 4 is 17.4 Å². The van der Waals surface area contributed by atoms with Gasteiger partial charge in [-0.15, -0.1) is 0 Å².